The minimum atomic E-state index is 0.0122. The maximum atomic E-state index is 6.15. The first-order valence-corrected chi connectivity index (χ1v) is 6.21. The van der Waals surface area contributed by atoms with Crippen molar-refractivity contribution in [3.63, 3.8) is 0 Å². The molecule has 0 fully saturated rings. The molecule has 94 valence electrons. The number of hydrogen-bond acceptors (Lipinski definition) is 2. The van der Waals surface area contributed by atoms with Gasteiger partial charge in [-0.05, 0) is 44.4 Å². The van der Waals surface area contributed by atoms with Crippen LogP contribution in [0.5, 0.6) is 5.75 Å². The van der Waals surface area contributed by atoms with Gasteiger partial charge in [-0.25, -0.2) is 0 Å². The van der Waals surface area contributed by atoms with E-state index in [4.69, 9.17) is 10.5 Å². The summed E-state index contributed by atoms with van der Waals surface area (Å²) < 4.78 is 5.66. The van der Waals surface area contributed by atoms with Crippen LogP contribution in [-0.2, 0) is 0 Å². The molecule has 0 aromatic heterocycles. The molecule has 0 aliphatic carbocycles. The lowest BCUT2D eigenvalue weighted by Gasteiger charge is -2.15. The van der Waals surface area contributed by atoms with E-state index in [1.807, 2.05) is 38.1 Å². The monoisotopic (exact) mass is 233 g/mol. The van der Waals surface area contributed by atoms with Gasteiger partial charge in [-0.2, -0.15) is 0 Å². The summed E-state index contributed by atoms with van der Waals surface area (Å²) in [7, 11) is 0. The summed E-state index contributed by atoms with van der Waals surface area (Å²) >= 11 is 0. The number of ether oxygens (including phenoxy) is 1. The molecule has 1 unspecified atom stereocenters. The summed E-state index contributed by atoms with van der Waals surface area (Å²) in [4.78, 5) is 0. The maximum absolute atomic E-state index is 6.15. The average Bonchev–Trinajstić information content (AvgIpc) is 2.28. The van der Waals surface area contributed by atoms with Gasteiger partial charge in [0.1, 0.15) is 5.75 Å². The van der Waals surface area contributed by atoms with Crippen molar-refractivity contribution in [2.24, 2.45) is 5.73 Å². The quantitative estimate of drug-likeness (QED) is 0.758. The minimum Gasteiger partial charge on any atom is -0.491 e. The highest BCUT2D eigenvalue weighted by molar-refractivity contribution is 5.31. The molecule has 0 saturated carbocycles. The van der Waals surface area contributed by atoms with Gasteiger partial charge in [-0.3, -0.25) is 0 Å². The molecule has 0 saturated heterocycles. The number of nitrogens with two attached hydrogens (primary N) is 1. The third-order valence-electron chi connectivity index (χ3n) is 2.67. The number of rotatable bonds is 6. The zero-order valence-electron chi connectivity index (χ0n) is 11.1. The van der Waals surface area contributed by atoms with Crippen molar-refractivity contribution in [2.45, 2.75) is 45.8 Å². The molecule has 0 spiro atoms. The lowest BCUT2D eigenvalue weighted by Crippen LogP contribution is -2.12. The molecular weight excluding hydrogens is 210 g/mol. The number of hydrogen-bond donors (Lipinski definition) is 1. The molecule has 1 aromatic carbocycles. The fourth-order valence-electron chi connectivity index (χ4n) is 1.66. The fourth-order valence-corrected chi connectivity index (χ4v) is 1.66. The minimum absolute atomic E-state index is 0.0122. The Kier molecular flexibility index (Phi) is 5.23. The largest absolute Gasteiger partial charge is 0.491 e. The zero-order valence-corrected chi connectivity index (χ0v) is 11.1. The van der Waals surface area contributed by atoms with E-state index in [1.165, 1.54) is 5.57 Å². The molecular formula is C15H23NO. The van der Waals surface area contributed by atoms with Crippen LogP contribution in [0.2, 0.25) is 0 Å². The van der Waals surface area contributed by atoms with E-state index in [0.29, 0.717) is 0 Å². The van der Waals surface area contributed by atoms with E-state index >= 15 is 0 Å². The van der Waals surface area contributed by atoms with Crippen LogP contribution in [-0.4, -0.2) is 6.10 Å². The summed E-state index contributed by atoms with van der Waals surface area (Å²) in [5, 5.41) is 0. The van der Waals surface area contributed by atoms with Gasteiger partial charge in [0, 0.05) is 6.04 Å². The lowest BCUT2D eigenvalue weighted by atomic mass is 9.99. The van der Waals surface area contributed by atoms with E-state index in [9.17, 15) is 0 Å². The molecule has 17 heavy (non-hydrogen) atoms. The molecule has 0 radical (unpaired) electrons. The van der Waals surface area contributed by atoms with Crippen LogP contribution in [0, 0.1) is 0 Å². The molecule has 1 aromatic rings. The summed E-state index contributed by atoms with van der Waals surface area (Å²) in [5.74, 6) is 0.884. The normalized spacial score (nSPS) is 12.5. The molecule has 0 aliphatic heterocycles. The molecule has 1 rings (SSSR count). The first-order chi connectivity index (χ1) is 8.02. The van der Waals surface area contributed by atoms with E-state index in [0.717, 1.165) is 24.2 Å². The van der Waals surface area contributed by atoms with Crippen LogP contribution in [0.3, 0.4) is 0 Å². The maximum Gasteiger partial charge on any atom is 0.120 e. The Hall–Kier alpha value is -1.28. The average molecular weight is 233 g/mol. The van der Waals surface area contributed by atoms with Gasteiger partial charge in [0.05, 0.1) is 6.10 Å². The van der Waals surface area contributed by atoms with Gasteiger partial charge < -0.3 is 10.5 Å². The predicted octanol–water partition coefficient (Wildman–Crippen LogP) is 3.83. The van der Waals surface area contributed by atoms with Gasteiger partial charge in [0.25, 0.3) is 0 Å². The molecule has 2 nitrogen and oxygen atoms in total. The van der Waals surface area contributed by atoms with E-state index in [1.54, 1.807) is 0 Å². The Bertz CT molecular complexity index is 371. The second-order valence-electron chi connectivity index (χ2n) is 4.65. The van der Waals surface area contributed by atoms with Crippen LogP contribution < -0.4 is 10.5 Å². The fraction of sp³-hybridized carbons (Fsp3) is 0.467. The topological polar surface area (TPSA) is 35.2 Å². The van der Waals surface area contributed by atoms with Crippen molar-refractivity contribution in [3.05, 3.63) is 42.0 Å². The van der Waals surface area contributed by atoms with Crippen molar-refractivity contribution in [3.8, 4) is 5.75 Å². The first kappa shape index (κ1) is 13.8. The van der Waals surface area contributed by atoms with E-state index in [-0.39, 0.29) is 12.1 Å². The van der Waals surface area contributed by atoms with Crippen molar-refractivity contribution in [1.29, 1.82) is 0 Å². The van der Waals surface area contributed by atoms with Gasteiger partial charge in [0.2, 0.25) is 0 Å². The number of benzene rings is 1. The molecule has 2 heteroatoms. The second-order valence-corrected chi connectivity index (χ2v) is 4.65. The van der Waals surface area contributed by atoms with Crippen molar-refractivity contribution < 1.29 is 4.74 Å². The highest BCUT2D eigenvalue weighted by atomic mass is 16.5. The van der Waals surface area contributed by atoms with Gasteiger partial charge >= 0.3 is 0 Å². The third-order valence-corrected chi connectivity index (χ3v) is 2.67. The zero-order chi connectivity index (χ0) is 12.8. The summed E-state index contributed by atoms with van der Waals surface area (Å²) in [6.45, 7) is 10.1. The Balaban J connectivity index is 2.73. The van der Waals surface area contributed by atoms with Crippen molar-refractivity contribution in [2.75, 3.05) is 0 Å². The van der Waals surface area contributed by atoms with Crippen LogP contribution in [0.15, 0.2) is 36.4 Å². The molecule has 0 aliphatic rings. The lowest BCUT2D eigenvalue weighted by molar-refractivity contribution is 0.242. The molecule has 2 N–H and O–H groups in total. The van der Waals surface area contributed by atoms with Crippen LogP contribution in [0.1, 0.15) is 45.2 Å². The van der Waals surface area contributed by atoms with Crippen LogP contribution in [0.4, 0.5) is 0 Å². The third kappa shape index (κ3) is 4.61. The van der Waals surface area contributed by atoms with Gasteiger partial charge in [-0.1, -0.05) is 31.2 Å². The van der Waals surface area contributed by atoms with Gasteiger partial charge in [0.15, 0.2) is 0 Å². The van der Waals surface area contributed by atoms with Crippen LogP contribution in [0.25, 0.3) is 0 Å². The highest BCUT2D eigenvalue weighted by Crippen LogP contribution is 2.23. The standard InChI is InChI=1S/C15H23NO/c1-5-12(4)9-15(16)13-7-6-8-14(10-13)17-11(2)3/h6-8,10-11,15H,4-5,9,16H2,1-3H3. The molecule has 0 bridgehead atoms. The SMILES string of the molecule is C=C(CC)CC(N)c1cccc(OC(C)C)c1. The predicted molar refractivity (Wildman–Crippen MR) is 73.2 cm³/mol. The Labute approximate surface area is 104 Å². The van der Waals surface area contributed by atoms with Crippen molar-refractivity contribution in [1.82, 2.24) is 0 Å². The first-order valence-electron chi connectivity index (χ1n) is 6.21. The Morgan fingerprint density at radius 3 is 2.71 bits per heavy atom. The van der Waals surface area contributed by atoms with Gasteiger partial charge in [-0.15, -0.1) is 0 Å². The Morgan fingerprint density at radius 2 is 2.12 bits per heavy atom. The summed E-state index contributed by atoms with van der Waals surface area (Å²) in [6.07, 6.45) is 2.00. The van der Waals surface area contributed by atoms with E-state index in [2.05, 4.69) is 13.5 Å². The Morgan fingerprint density at radius 1 is 1.41 bits per heavy atom. The molecule has 0 heterocycles. The van der Waals surface area contributed by atoms with Crippen molar-refractivity contribution >= 4 is 0 Å². The summed E-state index contributed by atoms with van der Waals surface area (Å²) in [6, 6.07) is 8.03. The van der Waals surface area contributed by atoms with E-state index < -0.39 is 0 Å². The molecule has 1 atom stereocenters. The molecule has 0 amide bonds. The second kappa shape index (κ2) is 6.45. The van der Waals surface area contributed by atoms with Crippen LogP contribution >= 0.6 is 0 Å². The smallest absolute Gasteiger partial charge is 0.120 e. The highest BCUT2D eigenvalue weighted by Gasteiger charge is 2.08. The summed E-state index contributed by atoms with van der Waals surface area (Å²) in [5.41, 5.74) is 8.45.